The predicted molar refractivity (Wildman–Crippen MR) is 76.4 cm³/mol. The van der Waals surface area contributed by atoms with Crippen molar-refractivity contribution in [3.8, 4) is 11.8 Å². The van der Waals surface area contributed by atoms with Gasteiger partial charge in [-0.1, -0.05) is 11.8 Å². The van der Waals surface area contributed by atoms with E-state index < -0.39 is 0 Å². The van der Waals surface area contributed by atoms with Crippen LogP contribution in [0.25, 0.3) is 0 Å². The molecule has 6 heteroatoms. The first kappa shape index (κ1) is 13.7. The van der Waals surface area contributed by atoms with Gasteiger partial charge in [-0.15, -0.1) is 22.7 Å². The fourth-order valence-corrected chi connectivity index (χ4v) is 2.84. The van der Waals surface area contributed by atoms with Gasteiger partial charge >= 0.3 is 0 Å². The molecule has 0 spiro atoms. The normalized spacial score (nSPS) is 9.74. The van der Waals surface area contributed by atoms with Crippen molar-refractivity contribution in [3.63, 3.8) is 0 Å². The monoisotopic (exact) mass is 292 g/mol. The minimum absolute atomic E-state index is 0.131. The van der Waals surface area contributed by atoms with Gasteiger partial charge in [0.1, 0.15) is 11.5 Å². The first-order valence-corrected chi connectivity index (χ1v) is 7.41. The molecule has 2 rings (SSSR count). The van der Waals surface area contributed by atoms with E-state index in [1.54, 1.807) is 23.6 Å². The van der Waals surface area contributed by atoms with Crippen molar-refractivity contribution in [1.29, 1.82) is 0 Å². The molecule has 0 aliphatic heterocycles. The zero-order valence-electron chi connectivity index (χ0n) is 10.0. The van der Waals surface area contributed by atoms with Crippen LogP contribution in [-0.4, -0.2) is 29.1 Å². The van der Waals surface area contributed by atoms with Crippen molar-refractivity contribution in [2.24, 2.45) is 0 Å². The molecule has 0 fully saturated rings. The molecule has 98 valence electrons. The molecule has 2 N–H and O–H groups in total. The summed E-state index contributed by atoms with van der Waals surface area (Å²) in [6, 6.07) is 1.78. The van der Waals surface area contributed by atoms with Crippen LogP contribution in [0.2, 0.25) is 0 Å². The zero-order chi connectivity index (χ0) is 13.5. The number of aliphatic hydroxyl groups excluding tert-OH is 1. The standard InChI is InChI=1S/C13H12N2O2S2/c16-7-1-2-10-4-8-19-12(10)13(17)15-5-3-11-14-6-9-18-11/h4,6,8-9,16H,3,5,7H2,(H,15,17). The van der Waals surface area contributed by atoms with Crippen LogP contribution in [0.4, 0.5) is 0 Å². The number of thiophene rings is 1. The maximum absolute atomic E-state index is 12.0. The number of carbonyl (C=O) groups excluding carboxylic acids is 1. The van der Waals surface area contributed by atoms with Gasteiger partial charge in [0.25, 0.3) is 5.91 Å². The molecule has 0 bridgehead atoms. The first-order valence-electron chi connectivity index (χ1n) is 5.65. The van der Waals surface area contributed by atoms with Gasteiger partial charge in [0.15, 0.2) is 0 Å². The van der Waals surface area contributed by atoms with E-state index in [-0.39, 0.29) is 12.5 Å². The van der Waals surface area contributed by atoms with Gasteiger partial charge < -0.3 is 10.4 Å². The highest BCUT2D eigenvalue weighted by Gasteiger charge is 2.11. The second kappa shape index (κ2) is 7.04. The molecule has 2 aromatic rings. The maximum Gasteiger partial charge on any atom is 0.262 e. The van der Waals surface area contributed by atoms with Crippen LogP contribution in [0.15, 0.2) is 23.0 Å². The maximum atomic E-state index is 12.0. The molecular weight excluding hydrogens is 280 g/mol. The van der Waals surface area contributed by atoms with Crippen LogP contribution < -0.4 is 5.32 Å². The summed E-state index contributed by atoms with van der Waals surface area (Å²) in [6.45, 7) is 0.345. The highest BCUT2D eigenvalue weighted by molar-refractivity contribution is 7.12. The highest BCUT2D eigenvalue weighted by Crippen LogP contribution is 2.15. The molecule has 0 aliphatic carbocycles. The van der Waals surface area contributed by atoms with Gasteiger partial charge in [-0.05, 0) is 11.4 Å². The van der Waals surface area contributed by atoms with E-state index in [9.17, 15) is 4.79 Å². The molecule has 2 heterocycles. The predicted octanol–water partition coefficient (Wildman–Crippen LogP) is 1.52. The lowest BCUT2D eigenvalue weighted by Crippen LogP contribution is -2.25. The van der Waals surface area contributed by atoms with Crippen molar-refractivity contribution >= 4 is 28.6 Å². The fourth-order valence-electron chi connectivity index (χ4n) is 1.46. The van der Waals surface area contributed by atoms with Crippen molar-refractivity contribution in [2.75, 3.05) is 13.2 Å². The largest absolute Gasteiger partial charge is 0.384 e. The second-order valence-electron chi connectivity index (χ2n) is 3.56. The van der Waals surface area contributed by atoms with Crippen LogP contribution in [-0.2, 0) is 6.42 Å². The molecule has 0 radical (unpaired) electrons. The van der Waals surface area contributed by atoms with E-state index in [0.717, 1.165) is 11.4 Å². The smallest absolute Gasteiger partial charge is 0.262 e. The number of hydrogen-bond donors (Lipinski definition) is 2. The molecule has 0 unspecified atom stereocenters. The van der Waals surface area contributed by atoms with Gasteiger partial charge in [-0.3, -0.25) is 4.79 Å². The topological polar surface area (TPSA) is 62.2 Å². The van der Waals surface area contributed by atoms with Crippen molar-refractivity contribution < 1.29 is 9.90 Å². The lowest BCUT2D eigenvalue weighted by atomic mass is 10.2. The summed E-state index contributed by atoms with van der Waals surface area (Å²) in [6.07, 6.45) is 2.48. The quantitative estimate of drug-likeness (QED) is 0.840. The number of aliphatic hydroxyl groups is 1. The van der Waals surface area contributed by atoms with Gasteiger partial charge in [0.2, 0.25) is 0 Å². The lowest BCUT2D eigenvalue weighted by molar-refractivity contribution is 0.0958. The summed E-state index contributed by atoms with van der Waals surface area (Å²) < 4.78 is 0. The van der Waals surface area contributed by atoms with E-state index in [1.807, 2.05) is 10.8 Å². The minimum Gasteiger partial charge on any atom is -0.384 e. The third kappa shape index (κ3) is 3.89. The number of nitrogens with zero attached hydrogens (tertiary/aromatic N) is 1. The second-order valence-corrected chi connectivity index (χ2v) is 5.45. The number of amides is 1. The Labute approximate surface area is 119 Å². The summed E-state index contributed by atoms with van der Waals surface area (Å²) in [5.41, 5.74) is 0.658. The molecule has 4 nitrogen and oxygen atoms in total. The van der Waals surface area contributed by atoms with Crippen LogP contribution in [0.5, 0.6) is 0 Å². The number of rotatable bonds is 4. The van der Waals surface area contributed by atoms with Gasteiger partial charge in [0.05, 0.1) is 5.01 Å². The molecule has 0 saturated heterocycles. The molecule has 1 amide bonds. The third-order valence-electron chi connectivity index (χ3n) is 2.28. The summed E-state index contributed by atoms with van der Waals surface area (Å²) >= 11 is 2.92. The van der Waals surface area contributed by atoms with E-state index in [1.165, 1.54) is 11.3 Å². The number of carbonyl (C=O) groups is 1. The molecule has 2 aromatic heterocycles. The molecule has 0 aliphatic rings. The Balaban J connectivity index is 1.91. The molecular formula is C13H12N2O2S2. The van der Waals surface area contributed by atoms with Gasteiger partial charge in [-0.25, -0.2) is 4.98 Å². The molecule has 0 atom stereocenters. The average molecular weight is 292 g/mol. The van der Waals surface area contributed by atoms with Crippen molar-refractivity contribution in [2.45, 2.75) is 6.42 Å². The SMILES string of the molecule is O=C(NCCc1nccs1)c1sccc1C#CCO. The summed E-state index contributed by atoms with van der Waals surface area (Å²) in [5, 5.41) is 16.3. The lowest BCUT2D eigenvalue weighted by Gasteiger charge is -2.02. The summed E-state index contributed by atoms with van der Waals surface area (Å²) in [5.74, 6) is 5.18. The van der Waals surface area contributed by atoms with Crippen LogP contribution in [0.3, 0.4) is 0 Å². The Bertz CT molecular complexity index is 594. The molecule has 0 saturated carbocycles. The van der Waals surface area contributed by atoms with Crippen molar-refractivity contribution in [1.82, 2.24) is 10.3 Å². The van der Waals surface area contributed by atoms with E-state index >= 15 is 0 Å². The Hall–Kier alpha value is -1.68. The van der Waals surface area contributed by atoms with E-state index in [4.69, 9.17) is 5.11 Å². The van der Waals surface area contributed by atoms with Crippen LogP contribution in [0, 0.1) is 11.8 Å². The number of hydrogen-bond acceptors (Lipinski definition) is 5. The van der Waals surface area contributed by atoms with E-state index in [0.29, 0.717) is 17.0 Å². The fraction of sp³-hybridized carbons (Fsp3) is 0.231. The first-order chi connectivity index (χ1) is 9.31. The Morgan fingerprint density at radius 2 is 2.32 bits per heavy atom. The number of nitrogens with one attached hydrogen (secondary N) is 1. The van der Waals surface area contributed by atoms with Gasteiger partial charge in [-0.2, -0.15) is 0 Å². The molecule has 0 aromatic carbocycles. The van der Waals surface area contributed by atoms with Gasteiger partial charge in [0, 0.05) is 30.1 Å². The Morgan fingerprint density at radius 3 is 3.05 bits per heavy atom. The summed E-state index contributed by atoms with van der Waals surface area (Å²) in [7, 11) is 0. The minimum atomic E-state index is -0.207. The summed E-state index contributed by atoms with van der Waals surface area (Å²) in [4.78, 5) is 16.7. The molecule has 19 heavy (non-hydrogen) atoms. The van der Waals surface area contributed by atoms with Crippen LogP contribution in [0.1, 0.15) is 20.2 Å². The zero-order valence-corrected chi connectivity index (χ0v) is 11.7. The Kier molecular flexibility index (Phi) is 5.10. The number of aromatic nitrogens is 1. The van der Waals surface area contributed by atoms with Crippen molar-refractivity contribution in [3.05, 3.63) is 38.5 Å². The average Bonchev–Trinajstić information content (AvgIpc) is 3.07. The third-order valence-corrected chi connectivity index (χ3v) is 4.03. The van der Waals surface area contributed by atoms with Crippen LogP contribution >= 0.6 is 22.7 Å². The number of thiazole rings is 1. The Morgan fingerprint density at radius 1 is 1.42 bits per heavy atom. The highest BCUT2D eigenvalue weighted by atomic mass is 32.1. The van der Waals surface area contributed by atoms with E-state index in [2.05, 4.69) is 22.1 Å².